The van der Waals surface area contributed by atoms with Gasteiger partial charge >= 0.3 is 0 Å². The average molecular weight is 262 g/mol. The van der Waals surface area contributed by atoms with Crippen molar-refractivity contribution < 1.29 is 8.78 Å². The van der Waals surface area contributed by atoms with Crippen LogP contribution >= 0.6 is 0 Å². The van der Waals surface area contributed by atoms with Gasteiger partial charge in [-0.15, -0.1) is 0 Å². The Bertz CT molecular complexity index is 612. The maximum Gasteiger partial charge on any atom is 0.131 e. The van der Waals surface area contributed by atoms with Crippen molar-refractivity contribution in [3.05, 3.63) is 42.0 Å². The number of piperazine rings is 1. The van der Waals surface area contributed by atoms with Crippen LogP contribution in [0.25, 0.3) is 10.8 Å². The molecular weight excluding hydrogens is 246 g/mol. The van der Waals surface area contributed by atoms with Crippen molar-refractivity contribution in [2.24, 2.45) is 0 Å². The first-order chi connectivity index (χ1) is 9.15. The highest BCUT2D eigenvalue weighted by molar-refractivity contribution is 5.94. The Kier molecular flexibility index (Phi) is 3.11. The summed E-state index contributed by atoms with van der Waals surface area (Å²) in [7, 11) is 0. The molecule has 1 fully saturated rings. The molecule has 1 saturated heterocycles. The number of fused-ring (bicyclic) bond motifs is 1. The van der Waals surface area contributed by atoms with Crippen LogP contribution in [0.1, 0.15) is 6.92 Å². The Morgan fingerprint density at radius 1 is 1.16 bits per heavy atom. The third-order valence-corrected chi connectivity index (χ3v) is 3.61. The van der Waals surface area contributed by atoms with E-state index in [1.165, 1.54) is 18.2 Å². The molecule has 0 saturated carbocycles. The Morgan fingerprint density at radius 2 is 2.00 bits per heavy atom. The third kappa shape index (κ3) is 2.28. The van der Waals surface area contributed by atoms with Crippen LogP contribution in [0, 0.1) is 11.6 Å². The number of nitrogens with zero attached hydrogens (tertiary/aromatic N) is 1. The van der Waals surface area contributed by atoms with Crippen LogP contribution in [0.3, 0.4) is 0 Å². The van der Waals surface area contributed by atoms with E-state index in [0.29, 0.717) is 11.4 Å². The average Bonchev–Trinajstić information content (AvgIpc) is 2.40. The van der Waals surface area contributed by atoms with E-state index >= 15 is 0 Å². The second-order valence-corrected chi connectivity index (χ2v) is 5.06. The van der Waals surface area contributed by atoms with Gasteiger partial charge < -0.3 is 10.2 Å². The number of anilines is 1. The van der Waals surface area contributed by atoms with Gasteiger partial charge in [-0.25, -0.2) is 8.78 Å². The van der Waals surface area contributed by atoms with Gasteiger partial charge in [0.2, 0.25) is 0 Å². The second-order valence-electron chi connectivity index (χ2n) is 5.06. The van der Waals surface area contributed by atoms with Crippen LogP contribution in [-0.2, 0) is 0 Å². The summed E-state index contributed by atoms with van der Waals surface area (Å²) in [4.78, 5) is 2.22. The first kappa shape index (κ1) is 12.4. The highest BCUT2D eigenvalue weighted by Gasteiger charge is 2.18. The van der Waals surface area contributed by atoms with Crippen LogP contribution in [-0.4, -0.2) is 25.7 Å². The molecule has 0 aromatic heterocycles. The van der Waals surface area contributed by atoms with Crippen molar-refractivity contribution in [3.63, 3.8) is 0 Å². The Balaban J connectivity index is 2.11. The molecule has 0 amide bonds. The molecule has 1 N–H and O–H groups in total. The van der Waals surface area contributed by atoms with Gasteiger partial charge in [0.05, 0.1) is 0 Å². The highest BCUT2D eigenvalue weighted by atomic mass is 19.1. The lowest BCUT2D eigenvalue weighted by atomic mass is 10.1. The van der Waals surface area contributed by atoms with Gasteiger partial charge in [-0.2, -0.15) is 0 Å². The smallest absolute Gasteiger partial charge is 0.131 e. The molecule has 0 aliphatic carbocycles. The van der Waals surface area contributed by atoms with E-state index in [1.807, 2.05) is 0 Å². The zero-order valence-corrected chi connectivity index (χ0v) is 10.8. The maximum absolute atomic E-state index is 13.8. The van der Waals surface area contributed by atoms with Gasteiger partial charge in [-0.3, -0.25) is 0 Å². The maximum atomic E-state index is 13.8. The van der Waals surface area contributed by atoms with Crippen LogP contribution < -0.4 is 10.2 Å². The largest absolute Gasteiger partial charge is 0.368 e. The lowest BCUT2D eigenvalue weighted by Gasteiger charge is -2.34. The fourth-order valence-corrected chi connectivity index (χ4v) is 2.70. The van der Waals surface area contributed by atoms with Crippen LogP contribution in [0.4, 0.5) is 14.5 Å². The molecule has 1 atom stereocenters. The molecular formula is C15H16F2N2. The van der Waals surface area contributed by atoms with Crippen molar-refractivity contribution in [1.29, 1.82) is 0 Å². The lowest BCUT2D eigenvalue weighted by Crippen LogP contribution is -2.49. The molecule has 3 rings (SSSR count). The van der Waals surface area contributed by atoms with Crippen LogP contribution in [0.2, 0.25) is 0 Å². The number of hydrogen-bond acceptors (Lipinski definition) is 2. The van der Waals surface area contributed by atoms with E-state index in [2.05, 4.69) is 17.1 Å². The molecule has 2 aromatic rings. The molecule has 1 aliphatic heterocycles. The Morgan fingerprint density at radius 3 is 2.79 bits per heavy atom. The molecule has 4 heteroatoms. The van der Waals surface area contributed by atoms with Crippen molar-refractivity contribution in [2.75, 3.05) is 24.5 Å². The zero-order valence-electron chi connectivity index (χ0n) is 10.8. The van der Waals surface area contributed by atoms with E-state index in [0.717, 1.165) is 30.7 Å². The highest BCUT2D eigenvalue weighted by Crippen LogP contribution is 2.30. The van der Waals surface area contributed by atoms with Crippen LogP contribution in [0.15, 0.2) is 30.3 Å². The summed E-state index contributed by atoms with van der Waals surface area (Å²) in [6, 6.07) is 7.92. The fourth-order valence-electron chi connectivity index (χ4n) is 2.70. The first-order valence-electron chi connectivity index (χ1n) is 6.51. The Hall–Kier alpha value is -1.68. The normalized spacial score (nSPS) is 19.9. The zero-order chi connectivity index (χ0) is 13.4. The summed E-state index contributed by atoms with van der Waals surface area (Å²) >= 11 is 0. The standard InChI is InChI=1S/C15H16F2N2/c1-10-9-19(7-6-18-10)15-5-4-14(17)13-8-11(16)2-3-12(13)15/h2-5,8,10,18H,6-7,9H2,1H3. The van der Waals surface area contributed by atoms with Crippen molar-refractivity contribution >= 4 is 16.5 Å². The predicted octanol–water partition coefficient (Wildman–Crippen LogP) is 2.92. The molecule has 1 aliphatic rings. The number of benzene rings is 2. The lowest BCUT2D eigenvalue weighted by molar-refractivity contribution is 0.485. The fraction of sp³-hybridized carbons (Fsp3) is 0.333. The minimum absolute atomic E-state index is 0.351. The predicted molar refractivity (Wildman–Crippen MR) is 73.5 cm³/mol. The molecule has 0 spiro atoms. The van der Waals surface area contributed by atoms with Gasteiger partial charge in [0.25, 0.3) is 0 Å². The third-order valence-electron chi connectivity index (χ3n) is 3.61. The minimum atomic E-state index is -0.405. The number of halogens is 2. The van der Waals surface area contributed by atoms with Crippen molar-refractivity contribution in [3.8, 4) is 0 Å². The number of nitrogens with one attached hydrogen (secondary N) is 1. The van der Waals surface area contributed by atoms with Gasteiger partial charge in [0, 0.05) is 42.1 Å². The molecule has 2 aromatic carbocycles. The van der Waals surface area contributed by atoms with Gasteiger partial charge in [-0.05, 0) is 37.3 Å². The molecule has 1 unspecified atom stereocenters. The molecule has 100 valence electrons. The van der Waals surface area contributed by atoms with Gasteiger partial charge in [-0.1, -0.05) is 0 Å². The second kappa shape index (κ2) is 4.78. The van der Waals surface area contributed by atoms with Gasteiger partial charge in [0.1, 0.15) is 11.6 Å². The quantitative estimate of drug-likeness (QED) is 0.850. The van der Waals surface area contributed by atoms with E-state index in [9.17, 15) is 8.78 Å². The van der Waals surface area contributed by atoms with E-state index in [-0.39, 0.29) is 5.82 Å². The SMILES string of the molecule is CC1CN(c2ccc(F)c3cc(F)ccc23)CCN1. The van der Waals surface area contributed by atoms with E-state index in [4.69, 9.17) is 0 Å². The van der Waals surface area contributed by atoms with E-state index < -0.39 is 5.82 Å². The Labute approximate surface area is 111 Å². The summed E-state index contributed by atoms with van der Waals surface area (Å²) in [5.74, 6) is -0.779. The summed E-state index contributed by atoms with van der Waals surface area (Å²) in [6.45, 7) is 4.78. The van der Waals surface area contributed by atoms with Crippen molar-refractivity contribution in [2.45, 2.75) is 13.0 Å². The summed E-state index contributed by atoms with van der Waals surface area (Å²) in [5.41, 5.74) is 0.977. The summed E-state index contributed by atoms with van der Waals surface area (Å²) in [5, 5.41) is 4.50. The molecule has 1 heterocycles. The van der Waals surface area contributed by atoms with Gasteiger partial charge in [0.15, 0.2) is 0 Å². The topological polar surface area (TPSA) is 15.3 Å². The summed E-state index contributed by atoms with van der Waals surface area (Å²) < 4.78 is 27.1. The molecule has 19 heavy (non-hydrogen) atoms. The van der Waals surface area contributed by atoms with Crippen LogP contribution in [0.5, 0.6) is 0 Å². The van der Waals surface area contributed by atoms with Crippen molar-refractivity contribution in [1.82, 2.24) is 5.32 Å². The van der Waals surface area contributed by atoms with E-state index in [1.54, 1.807) is 12.1 Å². The molecule has 0 bridgehead atoms. The first-order valence-corrected chi connectivity index (χ1v) is 6.51. The number of hydrogen-bond donors (Lipinski definition) is 1. The molecule has 0 radical (unpaired) electrons. The number of rotatable bonds is 1. The molecule has 2 nitrogen and oxygen atoms in total. The minimum Gasteiger partial charge on any atom is -0.368 e. The monoisotopic (exact) mass is 262 g/mol. The summed E-state index contributed by atoms with van der Waals surface area (Å²) in [6.07, 6.45) is 0.